The van der Waals surface area contributed by atoms with Gasteiger partial charge >= 0.3 is 0 Å². The Balaban J connectivity index is 2.48. The Labute approximate surface area is 76.0 Å². The number of rotatable bonds is 2. The second kappa shape index (κ2) is 3.16. The maximum atomic E-state index is 5.78. The lowest BCUT2D eigenvalue weighted by Gasteiger charge is -2.07. The van der Waals surface area contributed by atoms with Gasteiger partial charge in [0.2, 0.25) is 0 Å². The summed E-state index contributed by atoms with van der Waals surface area (Å²) in [7, 11) is 0. The van der Waals surface area contributed by atoms with Gasteiger partial charge in [-0.3, -0.25) is 0 Å². The smallest absolute Gasteiger partial charge is 0.137 e. The average Bonchev–Trinajstić information content (AvgIpc) is 2.63. The summed E-state index contributed by atoms with van der Waals surface area (Å²) in [5.74, 6) is 0. The Hall–Kier alpha value is -1.39. The van der Waals surface area contributed by atoms with E-state index in [4.69, 9.17) is 11.5 Å². The van der Waals surface area contributed by atoms with Crippen LogP contribution in [-0.4, -0.2) is 16.5 Å². The van der Waals surface area contributed by atoms with E-state index in [9.17, 15) is 0 Å². The van der Waals surface area contributed by atoms with Crippen molar-refractivity contribution in [2.45, 2.75) is 6.04 Å². The van der Waals surface area contributed by atoms with Crippen LogP contribution < -0.4 is 11.5 Å². The molecule has 2 rings (SSSR count). The molecule has 0 aliphatic rings. The first kappa shape index (κ1) is 8.22. The first-order chi connectivity index (χ1) is 6.31. The minimum absolute atomic E-state index is 0.119. The van der Waals surface area contributed by atoms with Crippen molar-refractivity contribution in [3.8, 4) is 0 Å². The van der Waals surface area contributed by atoms with Crippen LogP contribution in [0.5, 0.6) is 0 Å². The lowest BCUT2D eigenvalue weighted by Crippen LogP contribution is -2.20. The molecule has 2 aromatic heterocycles. The average molecular weight is 176 g/mol. The van der Waals surface area contributed by atoms with Crippen molar-refractivity contribution in [3.63, 3.8) is 0 Å². The summed E-state index contributed by atoms with van der Waals surface area (Å²) in [5.41, 5.74) is 13.1. The second-order valence-electron chi connectivity index (χ2n) is 3.03. The minimum atomic E-state index is -0.119. The molecule has 0 spiro atoms. The molecular weight excluding hydrogens is 164 g/mol. The molecule has 13 heavy (non-hydrogen) atoms. The minimum Gasteiger partial charge on any atom is -0.346 e. The topological polar surface area (TPSA) is 80.7 Å². The molecule has 4 heteroatoms. The lowest BCUT2D eigenvalue weighted by atomic mass is 10.1. The molecule has 68 valence electrons. The zero-order chi connectivity index (χ0) is 9.26. The van der Waals surface area contributed by atoms with Crippen molar-refractivity contribution >= 4 is 11.0 Å². The van der Waals surface area contributed by atoms with Crippen molar-refractivity contribution < 1.29 is 0 Å². The Morgan fingerprint density at radius 1 is 1.54 bits per heavy atom. The van der Waals surface area contributed by atoms with Gasteiger partial charge in [0.25, 0.3) is 0 Å². The molecule has 0 fully saturated rings. The first-order valence-corrected chi connectivity index (χ1v) is 4.20. The van der Waals surface area contributed by atoms with Gasteiger partial charge < -0.3 is 16.5 Å². The van der Waals surface area contributed by atoms with Crippen LogP contribution in [0.25, 0.3) is 11.0 Å². The van der Waals surface area contributed by atoms with E-state index < -0.39 is 0 Å². The van der Waals surface area contributed by atoms with Crippen molar-refractivity contribution in [3.05, 3.63) is 30.1 Å². The molecule has 0 aliphatic heterocycles. The summed E-state index contributed by atoms with van der Waals surface area (Å²) >= 11 is 0. The number of aromatic amines is 1. The molecule has 0 radical (unpaired) electrons. The fourth-order valence-electron chi connectivity index (χ4n) is 1.30. The summed E-state index contributed by atoms with van der Waals surface area (Å²) in [4.78, 5) is 7.24. The quantitative estimate of drug-likeness (QED) is 0.624. The van der Waals surface area contributed by atoms with Gasteiger partial charge in [-0.05, 0) is 17.7 Å². The van der Waals surface area contributed by atoms with Crippen LogP contribution in [0.4, 0.5) is 0 Å². The predicted octanol–water partition coefficient (Wildman–Crippen LogP) is 0.521. The Kier molecular flexibility index (Phi) is 2.00. The van der Waals surface area contributed by atoms with Crippen LogP contribution in [0.2, 0.25) is 0 Å². The molecular formula is C9H12N4. The third-order valence-corrected chi connectivity index (χ3v) is 2.10. The van der Waals surface area contributed by atoms with Gasteiger partial charge in [-0.2, -0.15) is 0 Å². The molecule has 0 bridgehead atoms. The van der Waals surface area contributed by atoms with Gasteiger partial charge in [0.05, 0.1) is 0 Å². The number of nitrogens with zero attached hydrogens (tertiary/aromatic N) is 1. The first-order valence-electron chi connectivity index (χ1n) is 4.20. The fourth-order valence-corrected chi connectivity index (χ4v) is 1.30. The number of H-pyrrole nitrogens is 1. The van der Waals surface area contributed by atoms with Gasteiger partial charge in [-0.25, -0.2) is 4.98 Å². The van der Waals surface area contributed by atoms with E-state index in [1.165, 1.54) is 0 Å². The fraction of sp³-hybridized carbons (Fsp3) is 0.222. The van der Waals surface area contributed by atoms with Crippen molar-refractivity contribution in [1.82, 2.24) is 9.97 Å². The summed E-state index contributed by atoms with van der Waals surface area (Å²) < 4.78 is 0. The van der Waals surface area contributed by atoms with E-state index in [1.807, 2.05) is 18.3 Å². The number of aromatic nitrogens is 2. The highest BCUT2D eigenvalue weighted by Gasteiger charge is 2.04. The molecule has 2 heterocycles. The Morgan fingerprint density at radius 3 is 3.15 bits per heavy atom. The number of hydrogen-bond donors (Lipinski definition) is 3. The molecule has 4 nitrogen and oxygen atoms in total. The van der Waals surface area contributed by atoms with Gasteiger partial charge in [0, 0.05) is 30.4 Å². The van der Waals surface area contributed by atoms with Gasteiger partial charge in [-0.1, -0.05) is 0 Å². The van der Waals surface area contributed by atoms with E-state index in [-0.39, 0.29) is 6.04 Å². The number of pyridine rings is 1. The highest BCUT2D eigenvalue weighted by Crippen LogP contribution is 2.14. The Morgan fingerprint density at radius 2 is 2.38 bits per heavy atom. The van der Waals surface area contributed by atoms with Crippen LogP contribution in [0.15, 0.2) is 24.5 Å². The number of fused-ring (bicyclic) bond motifs is 1. The third kappa shape index (κ3) is 1.41. The molecule has 2 aromatic rings. The summed E-state index contributed by atoms with van der Waals surface area (Å²) in [6.07, 6.45) is 3.62. The van der Waals surface area contributed by atoms with Crippen LogP contribution in [-0.2, 0) is 0 Å². The largest absolute Gasteiger partial charge is 0.346 e. The maximum Gasteiger partial charge on any atom is 0.137 e. The highest BCUT2D eigenvalue weighted by atomic mass is 14.8. The summed E-state index contributed by atoms with van der Waals surface area (Å²) in [6.45, 7) is 0.442. The van der Waals surface area contributed by atoms with Gasteiger partial charge in [0.15, 0.2) is 0 Å². The van der Waals surface area contributed by atoms with Crippen LogP contribution in [0.1, 0.15) is 11.6 Å². The van der Waals surface area contributed by atoms with Crippen molar-refractivity contribution in [1.29, 1.82) is 0 Å². The van der Waals surface area contributed by atoms with Crippen molar-refractivity contribution in [2.24, 2.45) is 11.5 Å². The third-order valence-electron chi connectivity index (χ3n) is 2.10. The van der Waals surface area contributed by atoms with E-state index in [1.54, 1.807) is 6.20 Å². The standard InChI is InChI=1S/C9H12N4/c10-4-8(11)7-3-6-1-2-12-9(6)13-5-7/h1-3,5,8H,4,10-11H2,(H,12,13). The number of nitrogens with two attached hydrogens (primary N) is 2. The molecule has 0 amide bonds. The molecule has 0 saturated heterocycles. The van der Waals surface area contributed by atoms with Gasteiger partial charge in [-0.15, -0.1) is 0 Å². The zero-order valence-corrected chi connectivity index (χ0v) is 7.20. The van der Waals surface area contributed by atoms with Crippen molar-refractivity contribution in [2.75, 3.05) is 6.54 Å². The molecule has 1 unspecified atom stereocenters. The van der Waals surface area contributed by atoms with E-state index in [0.29, 0.717) is 6.54 Å². The molecule has 5 N–H and O–H groups in total. The second-order valence-corrected chi connectivity index (χ2v) is 3.03. The normalized spacial score (nSPS) is 13.4. The predicted molar refractivity (Wildman–Crippen MR) is 52.1 cm³/mol. The molecule has 0 aromatic carbocycles. The summed E-state index contributed by atoms with van der Waals surface area (Å²) in [6, 6.07) is 3.86. The molecule has 1 atom stereocenters. The SMILES string of the molecule is NCC(N)c1cnc2[nH]ccc2c1. The monoisotopic (exact) mass is 176 g/mol. The van der Waals surface area contributed by atoms with Crippen LogP contribution in [0, 0.1) is 0 Å². The zero-order valence-electron chi connectivity index (χ0n) is 7.20. The van der Waals surface area contributed by atoms with E-state index >= 15 is 0 Å². The Bertz CT molecular complexity index is 407. The van der Waals surface area contributed by atoms with Crippen LogP contribution in [0.3, 0.4) is 0 Å². The maximum absolute atomic E-state index is 5.78. The number of hydrogen-bond acceptors (Lipinski definition) is 3. The van der Waals surface area contributed by atoms with E-state index in [2.05, 4.69) is 9.97 Å². The van der Waals surface area contributed by atoms with Gasteiger partial charge in [0.1, 0.15) is 5.65 Å². The highest BCUT2D eigenvalue weighted by molar-refractivity contribution is 5.75. The van der Waals surface area contributed by atoms with Crippen LogP contribution >= 0.6 is 0 Å². The molecule has 0 saturated carbocycles. The lowest BCUT2D eigenvalue weighted by molar-refractivity contribution is 0.735. The van der Waals surface area contributed by atoms with E-state index in [0.717, 1.165) is 16.6 Å². The summed E-state index contributed by atoms with van der Waals surface area (Å²) in [5, 5.41) is 1.07. The molecule has 0 aliphatic carbocycles. The number of nitrogens with one attached hydrogen (secondary N) is 1.